The molecule has 26 heavy (non-hydrogen) atoms. The molecule has 1 aliphatic heterocycles. The molecule has 4 heteroatoms. The summed E-state index contributed by atoms with van der Waals surface area (Å²) in [7, 11) is 1.60. The Morgan fingerprint density at radius 3 is 2.46 bits per heavy atom. The second-order valence-electron chi connectivity index (χ2n) is 7.76. The normalized spacial score (nSPS) is 21.2. The summed E-state index contributed by atoms with van der Waals surface area (Å²) in [5.41, 5.74) is 1.24. The molecule has 2 fully saturated rings. The van der Waals surface area contributed by atoms with Gasteiger partial charge in [0, 0.05) is 38.3 Å². The van der Waals surface area contributed by atoms with E-state index in [0.29, 0.717) is 11.8 Å². The molecule has 0 bridgehead atoms. The minimum atomic E-state index is 0. The number of aryl methyl sites for hydroxylation is 1. The minimum Gasteiger partial charge on any atom is -0.504 e. The van der Waals surface area contributed by atoms with Crippen LogP contribution in [0.1, 0.15) is 58.4 Å². The highest BCUT2D eigenvalue weighted by Gasteiger charge is 2.26. The molecule has 148 valence electrons. The second kappa shape index (κ2) is 10.2. The van der Waals surface area contributed by atoms with Crippen LogP contribution in [0, 0.1) is 0 Å². The molecule has 2 aliphatic rings. The van der Waals surface area contributed by atoms with Gasteiger partial charge in [-0.05, 0) is 50.3 Å². The van der Waals surface area contributed by atoms with Crippen molar-refractivity contribution in [2.45, 2.75) is 71.4 Å². The Bertz CT molecular complexity index is 535. The Morgan fingerprint density at radius 2 is 1.81 bits per heavy atom. The van der Waals surface area contributed by atoms with E-state index in [9.17, 15) is 5.11 Å². The molecule has 1 aliphatic carbocycles. The topological polar surface area (TPSA) is 35.9 Å². The number of ether oxygens (including phenoxy) is 1. The summed E-state index contributed by atoms with van der Waals surface area (Å²) in [6, 6.07) is 7.17. The van der Waals surface area contributed by atoms with E-state index in [1.807, 2.05) is 12.1 Å². The lowest BCUT2D eigenvalue weighted by molar-refractivity contribution is 0.0586. The first-order chi connectivity index (χ1) is 12.2. The molecule has 0 amide bonds. The first-order valence-electron chi connectivity index (χ1n) is 10.0. The predicted octanol–water partition coefficient (Wildman–Crippen LogP) is 4.31. The van der Waals surface area contributed by atoms with Gasteiger partial charge in [0.25, 0.3) is 0 Å². The lowest BCUT2D eigenvalue weighted by Crippen LogP contribution is -2.53. The average Bonchev–Trinajstić information content (AvgIpc) is 2.68. The van der Waals surface area contributed by atoms with E-state index < -0.39 is 0 Å². The van der Waals surface area contributed by atoms with Crippen LogP contribution in [0.2, 0.25) is 0 Å². The number of hydrogen-bond acceptors (Lipinski definition) is 4. The molecule has 1 aromatic carbocycles. The molecule has 0 spiro atoms. The molecule has 1 saturated heterocycles. The second-order valence-corrected chi connectivity index (χ2v) is 7.76. The van der Waals surface area contributed by atoms with Gasteiger partial charge >= 0.3 is 0 Å². The van der Waals surface area contributed by atoms with Crippen LogP contribution in [0.15, 0.2) is 18.2 Å². The zero-order valence-corrected chi connectivity index (χ0v) is 15.9. The Morgan fingerprint density at radius 1 is 1.12 bits per heavy atom. The van der Waals surface area contributed by atoms with Crippen molar-refractivity contribution in [2.75, 3.05) is 33.3 Å². The molecule has 1 heterocycles. The molecular formula is C22H38N2O2. The third-order valence-electron chi connectivity index (χ3n) is 6.16. The molecule has 1 saturated carbocycles. The standard InChI is InChI=1S/C21H34N2O2.CH4/c1-17(8-9-18-10-11-20(24)21(16-18)25-2)22-12-14-23(15-13-22)19-6-4-3-5-7-19;/h10-11,16-17,19,24H,3-9,12-15H2,1-2H3;1H4. The Hall–Kier alpha value is -1.26. The van der Waals surface area contributed by atoms with E-state index in [2.05, 4.69) is 16.7 Å². The number of phenols is 1. The maximum atomic E-state index is 9.71. The van der Waals surface area contributed by atoms with Gasteiger partial charge in [0.05, 0.1) is 7.11 Å². The third-order valence-corrected chi connectivity index (χ3v) is 6.16. The number of methoxy groups -OCH3 is 1. The molecular weight excluding hydrogens is 324 g/mol. The highest BCUT2D eigenvalue weighted by Crippen LogP contribution is 2.27. The van der Waals surface area contributed by atoms with E-state index in [-0.39, 0.29) is 13.2 Å². The van der Waals surface area contributed by atoms with Crippen LogP contribution in [-0.4, -0.2) is 60.3 Å². The van der Waals surface area contributed by atoms with Crippen molar-refractivity contribution in [3.05, 3.63) is 23.8 Å². The van der Waals surface area contributed by atoms with Crippen molar-refractivity contribution in [3.63, 3.8) is 0 Å². The van der Waals surface area contributed by atoms with Crippen molar-refractivity contribution in [2.24, 2.45) is 0 Å². The van der Waals surface area contributed by atoms with E-state index in [0.717, 1.165) is 18.9 Å². The lowest BCUT2D eigenvalue weighted by Gasteiger charge is -2.42. The van der Waals surface area contributed by atoms with Gasteiger partial charge in [0.1, 0.15) is 0 Å². The third kappa shape index (κ3) is 5.37. The van der Waals surface area contributed by atoms with Crippen LogP contribution < -0.4 is 4.74 Å². The molecule has 0 radical (unpaired) electrons. The smallest absolute Gasteiger partial charge is 0.160 e. The summed E-state index contributed by atoms with van der Waals surface area (Å²) < 4.78 is 5.21. The number of aromatic hydroxyl groups is 1. The lowest BCUT2D eigenvalue weighted by atomic mass is 9.93. The highest BCUT2D eigenvalue weighted by molar-refractivity contribution is 5.41. The number of phenolic OH excluding ortho intramolecular Hbond substituents is 1. The summed E-state index contributed by atoms with van der Waals surface area (Å²) in [5, 5.41) is 9.71. The Labute approximate surface area is 160 Å². The van der Waals surface area contributed by atoms with Crippen LogP contribution in [0.25, 0.3) is 0 Å². The molecule has 1 N–H and O–H groups in total. The van der Waals surface area contributed by atoms with Crippen LogP contribution in [-0.2, 0) is 6.42 Å². The summed E-state index contributed by atoms with van der Waals surface area (Å²) in [4.78, 5) is 5.39. The number of piperazine rings is 1. The quantitative estimate of drug-likeness (QED) is 0.818. The van der Waals surface area contributed by atoms with Gasteiger partial charge in [-0.15, -0.1) is 0 Å². The predicted molar refractivity (Wildman–Crippen MR) is 109 cm³/mol. The van der Waals surface area contributed by atoms with E-state index in [1.54, 1.807) is 13.2 Å². The van der Waals surface area contributed by atoms with Crippen LogP contribution >= 0.6 is 0 Å². The van der Waals surface area contributed by atoms with E-state index in [4.69, 9.17) is 4.74 Å². The van der Waals surface area contributed by atoms with Crippen LogP contribution in [0.5, 0.6) is 11.5 Å². The van der Waals surface area contributed by atoms with Crippen molar-refractivity contribution >= 4 is 0 Å². The first kappa shape index (κ1) is 21.0. The Balaban J connectivity index is 0.00000243. The van der Waals surface area contributed by atoms with Gasteiger partial charge in [-0.25, -0.2) is 0 Å². The maximum absolute atomic E-state index is 9.71. The van der Waals surface area contributed by atoms with Crippen LogP contribution in [0.3, 0.4) is 0 Å². The molecule has 1 unspecified atom stereocenters. The number of rotatable bonds is 6. The van der Waals surface area contributed by atoms with Gasteiger partial charge in [0.15, 0.2) is 11.5 Å². The van der Waals surface area contributed by atoms with Crippen molar-refractivity contribution in [3.8, 4) is 11.5 Å². The summed E-state index contributed by atoms with van der Waals surface area (Å²) >= 11 is 0. The number of benzene rings is 1. The van der Waals surface area contributed by atoms with Gasteiger partial charge < -0.3 is 9.84 Å². The van der Waals surface area contributed by atoms with E-state index >= 15 is 0 Å². The molecule has 0 aromatic heterocycles. The van der Waals surface area contributed by atoms with Crippen molar-refractivity contribution in [1.82, 2.24) is 9.80 Å². The maximum Gasteiger partial charge on any atom is 0.160 e. The number of nitrogens with zero attached hydrogens (tertiary/aromatic N) is 2. The zero-order chi connectivity index (χ0) is 17.6. The summed E-state index contributed by atoms with van der Waals surface area (Å²) in [6.45, 7) is 7.24. The molecule has 4 nitrogen and oxygen atoms in total. The van der Waals surface area contributed by atoms with Gasteiger partial charge in [-0.2, -0.15) is 0 Å². The fourth-order valence-corrected chi connectivity index (χ4v) is 4.43. The van der Waals surface area contributed by atoms with Gasteiger partial charge in [-0.1, -0.05) is 32.8 Å². The molecule has 3 rings (SSSR count). The summed E-state index contributed by atoms with van der Waals surface area (Å²) in [5.74, 6) is 0.796. The molecule has 1 atom stereocenters. The monoisotopic (exact) mass is 362 g/mol. The van der Waals surface area contributed by atoms with E-state index in [1.165, 1.54) is 63.8 Å². The van der Waals surface area contributed by atoms with Crippen LogP contribution in [0.4, 0.5) is 0 Å². The Kier molecular flexibility index (Phi) is 8.23. The fraction of sp³-hybridized carbons (Fsp3) is 0.727. The first-order valence-corrected chi connectivity index (χ1v) is 10.0. The molecule has 1 aromatic rings. The fourth-order valence-electron chi connectivity index (χ4n) is 4.43. The largest absolute Gasteiger partial charge is 0.504 e. The minimum absolute atomic E-state index is 0. The number of hydrogen-bond donors (Lipinski definition) is 1. The average molecular weight is 363 g/mol. The zero-order valence-electron chi connectivity index (χ0n) is 15.9. The highest BCUT2D eigenvalue weighted by atomic mass is 16.5. The SMILES string of the molecule is C.COc1cc(CCC(C)N2CCN(C3CCCCC3)CC2)ccc1O. The summed E-state index contributed by atoms with van der Waals surface area (Å²) in [6.07, 6.45) is 9.30. The van der Waals surface area contributed by atoms with Crippen molar-refractivity contribution in [1.29, 1.82) is 0 Å². The van der Waals surface area contributed by atoms with Gasteiger partial charge in [0.2, 0.25) is 0 Å². The van der Waals surface area contributed by atoms with Gasteiger partial charge in [-0.3, -0.25) is 9.80 Å². The van der Waals surface area contributed by atoms with Crippen molar-refractivity contribution < 1.29 is 9.84 Å².